The van der Waals surface area contributed by atoms with Gasteiger partial charge in [-0.25, -0.2) is 8.80 Å². The largest absolute Gasteiger partial charge is 0.372 e. The van der Waals surface area contributed by atoms with Crippen molar-refractivity contribution in [1.29, 1.82) is 0 Å². The molecule has 0 fully saturated rings. The first-order valence-electron chi connectivity index (χ1n) is 12.7. The smallest absolute Gasteiger partial charge is 0.245 e. The van der Waals surface area contributed by atoms with Gasteiger partial charge in [-0.2, -0.15) is 0 Å². The number of thioether (sulfide) groups is 2. The minimum Gasteiger partial charge on any atom is -0.372 e. The highest BCUT2D eigenvalue weighted by Gasteiger charge is 2.30. The van der Waals surface area contributed by atoms with Crippen molar-refractivity contribution in [3.8, 4) is 0 Å². The number of fused-ring (bicyclic) bond motifs is 8. The van der Waals surface area contributed by atoms with E-state index in [1.54, 1.807) is 34.9 Å². The molecule has 0 aliphatic carbocycles. The summed E-state index contributed by atoms with van der Waals surface area (Å²) >= 11 is 5.16. The van der Waals surface area contributed by atoms with Crippen molar-refractivity contribution in [1.82, 2.24) is 29.2 Å². The van der Waals surface area contributed by atoms with Crippen LogP contribution in [0.25, 0.3) is 21.6 Å². The lowest BCUT2D eigenvalue weighted by Gasteiger charge is -2.26. The average Bonchev–Trinajstić information content (AvgIpc) is 3.66. The van der Waals surface area contributed by atoms with Crippen LogP contribution in [0.4, 0.5) is 0 Å². The van der Waals surface area contributed by atoms with Crippen LogP contribution < -0.4 is 0 Å². The summed E-state index contributed by atoms with van der Waals surface area (Å²) in [6.07, 6.45) is 1.07. The van der Waals surface area contributed by atoms with Gasteiger partial charge in [0.2, 0.25) is 5.78 Å². The van der Waals surface area contributed by atoms with Gasteiger partial charge in [-0.05, 0) is 22.6 Å². The molecular formula is C28H26N6OS3. The van der Waals surface area contributed by atoms with Crippen LogP contribution in [0, 0.1) is 5.92 Å². The maximum absolute atomic E-state index is 6.25. The standard InChI is InChI=1S/C28H26N6OS3/c1-17(2)21-13-20-22(14-35-21)38-25-23(20)24-29-31-27(36-15-18-9-5-3-6-10-18)33(24)26-30-32-28(34(25)26)37-16-19-11-7-4-8-12-19/h3-12,17,21H,13-16H2,1-2H3. The van der Waals surface area contributed by atoms with Gasteiger partial charge >= 0.3 is 0 Å². The molecule has 0 spiro atoms. The van der Waals surface area contributed by atoms with Crippen molar-refractivity contribution in [3.63, 3.8) is 0 Å². The predicted octanol–water partition coefficient (Wildman–Crippen LogP) is 6.67. The molecule has 6 aromatic rings. The van der Waals surface area contributed by atoms with E-state index in [1.165, 1.54) is 21.6 Å². The van der Waals surface area contributed by atoms with E-state index in [-0.39, 0.29) is 6.10 Å². The molecule has 192 valence electrons. The Bertz CT molecular complexity index is 1740. The van der Waals surface area contributed by atoms with E-state index in [0.717, 1.165) is 49.9 Å². The molecule has 1 aliphatic rings. The van der Waals surface area contributed by atoms with E-state index in [4.69, 9.17) is 9.84 Å². The molecule has 38 heavy (non-hydrogen) atoms. The van der Waals surface area contributed by atoms with E-state index in [9.17, 15) is 0 Å². The molecule has 0 saturated heterocycles. The molecule has 4 aromatic heterocycles. The lowest BCUT2D eigenvalue weighted by molar-refractivity contribution is 0.00203. The van der Waals surface area contributed by atoms with Crippen LogP contribution in [0.3, 0.4) is 0 Å². The summed E-state index contributed by atoms with van der Waals surface area (Å²) in [7, 11) is 0. The normalized spacial score (nSPS) is 15.7. The quantitative estimate of drug-likeness (QED) is 0.203. The summed E-state index contributed by atoms with van der Waals surface area (Å²) in [4.78, 5) is 2.39. The molecule has 0 amide bonds. The Hall–Kier alpha value is -2.92. The molecule has 0 radical (unpaired) electrons. The number of rotatable bonds is 7. The Morgan fingerprint density at radius 3 is 2.16 bits per heavy atom. The number of thiophene rings is 1. The summed E-state index contributed by atoms with van der Waals surface area (Å²) in [6.45, 7) is 5.08. The number of nitrogens with zero attached hydrogens (tertiary/aromatic N) is 6. The maximum Gasteiger partial charge on any atom is 0.245 e. The first-order valence-corrected chi connectivity index (χ1v) is 15.5. The minimum absolute atomic E-state index is 0.193. The van der Waals surface area contributed by atoms with Crippen molar-refractivity contribution in [2.75, 3.05) is 0 Å². The fourth-order valence-electron chi connectivity index (χ4n) is 4.92. The molecule has 0 bridgehead atoms. The van der Waals surface area contributed by atoms with Crippen LogP contribution >= 0.6 is 34.9 Å². The average molecular weight is 559 g/mol. The molecule has 1 atom stereocenters. The number of benzene rings is 2. The zero-order chi connectivity index (χ0) is 25.6. The van der Waals surface area contributed by atoms with Crippen LogP contribution in [0.15, 0.2) is 71.0 Å². The molecule has 7 rings (SSSR count). The molecule has 10 heteroatoms. The summed E-state index contributed by atoms with van der Waals surface area (Å²) in [5, 5.41) is 21.6. The minimum atomic E-state index is 0.193. The second kappa shape index (κ2) is 10.00. The predicted molar refractivity (Wildman–Crippen MR) is 154 cm³/mol. The number of aromatic nitrogens is 6. The number of ether oxygens (including phenoxy) is 1. The summed E-state index contributed by atoms with van der Waals surface area (Å²) < 4.78 is 10.6. The maximum atomic E-state index is 6.25. The third-order valence-electron chi connectivity index (χ3n) is 6.95. The second-order valence-corrected chi connectivity index (χ2v) is 12.8. The molecule has 0 N–H and O–H groups in total. The van der Waals surface area contributed by atoms with Gasteiger partial charge in [-0.1, -0.05) is 98.0 Å². The first-order chi connectivity index (χ1) is 18.7. The lowest BCUT2D eigenvalue weighted by Crippen LogP contribution is -2.26. The van der Waals surface area contributed by atoms with Gasteiger partial charge in [-0.15, -0.1) is 31.7 Å². The van der Waals surface area contributed by atoms with Gasteiger partial charge in [0.15, 0.2) is 16.0 Å². The van der Waals surface area contributed by atoms with Gasteiger partial charge < -0.3 is 4.74 Å². The fourth-order valence-corrected chi connectivity index (χ4v) is 7.99. The van der Waals surface area contributed by atoms with Crippen LogP contribution in [-0.2, 0) is 29.3 Å². The van der Waals surface area contributed by atoms with E-state index in [1.807, 2.05) is 12.1 Å². The van der Waals surface area contributed by atoms with Crippen molar-refractivity contribution >= 4 is 56.5 Å². The molecule has 1 unspecified atom stereocenters. The third-order valence-corrected chi connectivity index (χ3v) is 10.1. The van der Waals surface area contributed by atoms with Crippen molar-refractivity contribution in [2.45, 2.75) is 54.8 Å². The Labute approximate surface area is 232 Å². The molecule has 5 heterocycles. The van der Waals surface area contributed by atoms with Gasteiger partial charge in [0.25, 0.3) is 0 Å². The van der Waals surface area contributed by atoms with E-state index >= 15 is 0 Å². The van der Waals surface area contributed by atoms with Gasteiger partial charge in [0.05, 0.1) is 18.1 Å². The first kappa shape index (κ1) is 24.1. The third kappa shape index (κ3) is 4.20. The SMILES string of the molecule is CC(C)C1Cc2c(sc3c2c2nnc(SCc4ccccc4)n2c2nnc(SCc4ccccc4)n32)CO1. The van der Waals surface area contributed by atoms with Crippen LogP contribution in [0.2, 0.25) is 0 Å². The monoisotopic (exact) mass is 558 g/mol. The highest BCUT2D eigenvalue weighted by atomic mass is 32.2. The highest BCUT2D eigenvalue weighted by molar-refractivity contribution is 7.98. The number of hydrogen-bond donors (Lipinski definition) is 0. The van der Waals surface area contributed by atoms with Crippen LogP contribution in [0.1, 0.15) is 35.4 Å². The fraction of sp³-hybridized carbons (Fsp3) is 0.286. The summed E-state index contributed by atoms with van der Waals surface area (Å²) in [5.41, 5.74) is 4.70. The molecule has 2 aromatic carbocycles. The van der Waals surface area contributed by atoms with Gasteiger partial charge in [0.1, 0.15) is 4.83 Å². The number of hydrogen-bond acceptors (Lipinski definition) is 8. The van der Waals surface area contributed by atoms with Gasteiger partial charge in [-0.3, -0.25) is 0 Å². The van der Waals surface area contributed by atoms with E-state index in [0.29, 0.717) is 12.5 Å². The Morgan fingerprint density at radius 2 is 1.50 bits per heavy atom. The second-order valence-electron chi connectivity index (χ2n) is 9.79. The lowest BCUT2D eigenvalue weighted by atomic mass is 9.96. The van der Waals surface area contributed by atoms with Crippen LogP contribution in [-0.4, -0.2) is 35.3 Å². The van der Waals surface area contributed by atoms with Crippen molar-refractivity contribution < 1.29 is 4.74 Å². The van der Waals surface area contributed by atoms with Gasteiger partial charge in [0, 0.05) is 22.8 Å². The van der Waals surface area contributed by atoms with E-state index < -0.39 is 0 Å². The molecule has 7 nitrogen and oxygen atoms in total. The Morgan fingerprint density at radius 1 is 0.868 bits per heavy atom. The molecule has 1 aliphatic heterocycles. The zero-order valence-corrected chi connectivity index (χ0v) is 23.5. The Kier molecular flexibility index (Phi) is 6.35. The summed E-state index contributed by atoms with van der Waals surface area (Å²) in [5.74, 6) is 2.83. The van der Waals surface area contributed by atoms with Crippen molar-refractivity contribution in [3.05, 3.63) is 82.2 Å². The van der Waals surface area contributed by atoms with Crippen molar-refractivity contribution in [2.24, 2.45) is 5.92 Å². The summed E-state index contributed by atoms with van der Waals surface area (Å²) in [6, 6.07) is 20.9. The highest BCUT2D eigenvalue weighted by Crippen LogP contribution is 2.41. The molecular weight excluding hydrogens is 533 g/mol. The Balaban J connectivity index is 1.40. The molecule has 0 saturated carbocycles. The van der Waals surface area contributed by atoms with Crippen LogP contribution in [0.5, 0.6) is 0 Å². The topological polar surface area (TPSA) is 69.6 Å². The zero-order valence-electron chi connectivity index (χ0n) is 21.1. The van der Waals surface area contributed by atoms with E-state index in [2.05, 4.69) is 86.5 Å².